The standard InChI is InChI=1S/C17H22N6O/c1-12-15(13(2)23(3)22-12)9-18-10-16-19-17(21-20-16)11-24-14-7-5-4-6-8-14/h4-8,18H,9-11H2,1-3H3,(H,19,20,21). The van der Waals surface area contributed by atoms with Crippen LogP contribution >= 0.6 is 0 Å². The van der Waals surface area contributed by atoms with E-state index >= 15 is 0 Å². The fourth-order valence-electron chi connectivity index (χ4n) is 2.52. The van der Waals surface area contributed by atoms with E-state index in [2.05, 4.69) is 32.5 Å². The number of aromatic nitrogens is 5. The van der Waals surface area contributed by atoms with Crippen LogP contribution < -0.4 is 10.1 Å². The molecule has 0 spiro atoms. The molecule has 7 nitrogen and oxygen atoms in total. The number of hydrogen-bond acceptors (Lipinski definition) is 5. The molecule has 0 amide bonds. The summed E-state index contributed by atoms with van der Waals surface area (Å²) in [6.45, 7) is 5.81. The molecule has 0 saturated heterocycles. The molecule has 126 valence electrons. The van der Waals surface area contributed by atoms with Crippen molar-refractivity contribution in [3.8, 4) is 5.75 Å². The summed E-state index contributed by atoms with van der Waals surface area (Å²) < 4.78 is 7.55. The second-order valence-corrected chi connectivity index (χ2v) is 5.68. The predicted molar refractivity (Wildman–Crippen MR) is 90.4 cm³/mol. The van der Waals surface area contributed by atoms with Crippen molar-refractivity contribution in [1.82, 2.24) is 30.3 Å². The fraction of sp³-hybridized carbons (Fsp3) is 0.353. The molecule has 0 atom stereocenters. The maximum absolute atomic E-state index is 5.65. The van der Waals surface area contributed by atoms with Crippen LogP contribution in [-0.4, -0.2) is 25.0 Å². The summed E-state index contributed by atoms with van der Waals surface area (Å²) in [5.74, 6) is 2.25. The quantitative estimate of drug-likeness (QED) is 0.694. The minimum Gasteiger partial charge on any atom is -0.486 e. The molecule has 0 aliphatic heterocycles. The molecule has 2 heterocycles. The normalized spacial score (nSPS) is 11.0. The summed E-state index contributed by atoms with van der Waals surface area (Å²) in [5.41, 5.74) is 3.45. The van der Waals surface area contributed by atoms with E-state index in [0.717, 1.165) is 23.8 Å². The Morgan fingerprint density at radius 3 is 2.67 bits per heavy atom. The number of para-hydroxylation sites is 1. The third-order valence-electron chi connectivity index (χ3n) is 3.94. The smallest absolute Gasteiger partial charge is 0.164 e. The minimum atomic E-state index is 0.373. The molecule has 0 radical (unpaired) electrons. The molecular weight excluding hydrogens is 304 g/mol. The lowest BCUT2D eigenvalue weighted by Crippen LogP contribution is -2.15. The lowest BCUT2D eigenvalue weighted by atomic mass is 10.2. The van der Waals surface area contributed by atoms with Gasteiger partial charge >= 0.3 is 0 Å². The van der Waals surface area contributed by atoms with E-state index in [9.17, 15) is 0 Å². The van der Waals surface area contributed by atoms with Crippen molar-refractivity contribution in [3.63, 3.8) is 0 Å². The molecule has 0 unspecified atom stereocenters. The van der Waals surface area contributed by atoms with Crippen LogP contribution in [0.25, 0.3) is 0 Å². The number of aromatic amines is 1. The summed E-state index contributed by atoms with van der Waals surface area (Å²) in [6.07, 6.45) is 0. The van der Waals surface area contributed by atoms with Gasteiger partial charge in [0.25, 0.3) is 0 Å². The van der Waals surface area contributed by atoms with Gasteiger partial charge in [-0.3, -0.25) is 9.78 Å². The summed E-state index contributed by atoms with van der Waals surface area (Å²) in [7, 11) is 1.96. The highest BCUT2D eigenvalue weighted by atomic mass is 16.5. The van der Waals surface area contributed by atoms with Crippen molar-refractivity contribution in [2.24, 2.45) is 7.05 Å². The monoisotopic (exact) mass is 326 g/mol. The van der Waals surface area contributed by atoms with Gasteiger partial charge in [-0.25, -0.2) is 4.98 Å². The Morgan fingerprint density at radius 1 is 1.17 bits per heavy atom. The second kappa shape index (κ2) is 7.27. The Hall–Kier alpha value is -2.67. The first-order chi connectivity index (χ1) is 11.6. The molecule has 2 N–H and O–H groups in total. The van der Waals surface area contributed by atoms with Crippen LogP contribution in [0.1, 0.15) is 28.6 Å². The molecule has 3 aromatic rings. The Labute approximate surface area is 141 Å². The van der Waals surface area contributed by atoms with Crippen LogP contribution in [-0.2, 0) is 26.7 Å². The summed E-state index contributed by atoms with van der Waals surface area (Å²) in [4.78, 5) is 4.43. The zero-order valence-corrected chi connectivity index (χ0v) is 14.2. The number of benzene rings is 1. The van der Waals surface area contributed by atoms with Gasteiger partial charge in [-0.2, -0.15) is 10.2 Å². The molecule has 0 bridgehead atoms. The lowest BCUT2D eigenvalue weighted by Gasteiger charge is -2.03. The average molecular weight is 326 g/mol. The van der Waals surface area contributed by atoms with Gasteiger partial charge < -0.3 is 10.1 Å². The maximum Gasteiger partial charge on any atom is 0.164 e. The van der Waals surface area contributed by atoms with E-state index in [4.69, 9.17) is 4.74 Å². The van der Waals surface area contributed by atoms with E-state index in [1.807, 2.05) is 49.0 Å². The van der Waals surface area contributed by atoms with E-state index < -0.39 is 0 Å². The van der Waals surface area contributed by atoms with Crippen LogP contribution in [0, 0.1) is 13.8 Å². The number of nitrogens with zero attached hydrogens (tertiary/aromatic N) is 4. The van der Waals surface area contributed by atoms with Crippen LogP contribution in [0.4, 0.5) is 0 Å². The van der Waals surface area contributed by atoms with Crippen molar-refractivity contribution < 1.29 is 4.74 Å². The van der Waals surface area contributed by atoms with Crippen molar-refractivity contribution in [2.75, 3.05) is 0 Å². The van der Waals surface area contributed by atoms with Crippen molar-refractivity contribution >= 4 is 0 Å². The molecule has 0 saturated carbocycles. The predicted octanol–water partition coefficient (Wildman–Crippen LogP) is 2.02. The molecular formula is C17H22N6O. The molecule has 0 aliphatic carbocycles. The Bertz CT molecular complexity index is 793. The molecule has 1 aromatic carbocycles. The first-order valence-electron chi connectivity index (χ1n) is 7.91. The number of aryl methyl sites for hydroxylation is 2. The van der Waals surface area contributed by atoms with Crippen LogP contribution in [0.5, 0.6) is 5.75 Å². The number of hydrogen-bond donors (Lipinski definition) is 2. The van der Waals surface area contributed by atoms with Gasteiger partial charge in [-0.05, 0) is 26.0 Å². The largest absolute Gasteiger partial charge is 0.486 e. The molecule has 2 aromatic heterocycles. The van der Waals surface area contributed by atoms with E-state index in [0.29, 0.717) is 19.0 Å². The Balaban J connectivity index is 1.49. The Morgan fingerprint density at radius 2 is 1.96 bits per heavy atom. The van der Waals surface area contributed by atoms with Crippen LogP contribution in [0.15, 0.2) is 30.3 Å². The highest BCUT2D eigenvalue weighted by molar-refractivity contribution is 5.24. The number of ether oxygens (including phenoxy) is 1. The minimum absolute atomic E-state index is 0.373. The SMILES string of the molecule is Cc1nn(C)c(C)c1CNCc1n[nH]c(COc2ccccc2)n1. The van der Waals surface area contributed by atoms with Gasteiger partial charge in [-0.15, -0.1) is 0 Å². The molecule has 0 fully saturated rings. The van der Waals surface area contributed by atoms with E-state index in [1.165, 1.54) is 11.3 Å². The average Bonchev–Trinajstić information content (AvgIpc) is 3.13. The summed E-state index contributed by atoms with van der Waals surface area (Å²) in [5, 5.41) is 14.9. The molecule has 24 heavy (non-hydrogen) atoms. The topological polar surface area (TPSA) is 80.7 Å². The lowest BCUT2D eigenvalue weighted by molar-refractivity contribution is 0.296. The summed E-state index contributed by atoms with van der Waals surface area (Å²) >= 11 is 0. The number of H-pyrrole nitrogens is 1. The first kappa shape index (κ1) is 16.2. The third kappa shape index (κ3) is 3.80. The highest BCUT2D eigenvalue weighted by Gasteiger charge is 2.09. The van der Waals surface area contributed by atoms with Crippen LogP contribution in [0.2, 0.25) is 0 Å². The Kier molecular flexibility index (Phi) is 4.90. The molecule has 0 aliphatic rings. The van der Waals surface area contributed by atoms with Crippen LogP contribution in [0.3, 0.4) is 0 Å². The second-order valence-electron chi connectivity index (χ2n) is 5.68. The number of rotatable bonds is 7. The van der Waals surface area contributed by atoms with Crippen molar-refractivity contribution in [1.29, 1.82) is 0 Å². The van der Waals surface area contributed by atoms with Crippen molar-refractivity contribution in [3.05, 3.63) is 58.9 Å². The van der Waals surface area contributed by atoms with Gasteiger partial charge in [0, 0.05) is 24.8 Å². The number of nitrogens with one attached hydrogen (secondary N) is 2. The van der Waals surface area contributed by atoms with Gasteiger partial charge in [0.1, 0.15) is 12.4 Å². The van der Waals surface area contributed by atoms with Gasteiger partial charge in [-0.1, -0.05) is 18.2 Å². The summed E-state index contributed by atoms with van der Waals surface area (Å²) in [6, 6.07) is 9.66. The highest BCUT2D eigenvalue weighted by Crippen LogP contribution is 2.12. The molecule has 7 heteroatoms. The molecule has 3 rings (SSSR count). The zero-order chi connectivity index (χ0) is 16.9. The van der Waals surface area contributed by atoms with E-state index in [-0.39, 0.29) is 0 Å². The third-order valence-corrected chi connectivity index (χ3v) is 3.94. The van der Waals surface area contributed by atoms with Gasteiger partial charge in [0.05, 0.1) is 12.2 Å². The maximum atomic E-state index is 5.65. The van der Waals surface area contributed by atoms with Gasteiger partial charge in [0.15, 0.2) is 11.6 Å². The zero-order valence-electron chi connectivity index (χ0n) is 14.2. The first-order valence-corrected chi connectivity index (χ1v) is 7.91. The van der Waals surface area contributed by atoms with Crippen molar-refractivity contribution in [2.45, 2.75) is 33.5 Å². The van der Waals surface area contributed by atoms with Gasteiger partial charge in [0.2, 0.25) is 0 Å². The fourth-order valence-corrected chi connectivity index (χ4v) is 2.52. The van der Waals surface area contributed by atoms with E-state index in [1.54, 1.807) is 0 Å².